The summed E-state index contributed by atoms with van der Waals surface area (Å²) in [6.07, 6.45) is 2.36. The Morgan fingerprint density at radius 3 is 2.43 bits per heavy atom. The number of urea groups is 1. The van der Waals surface area contributed by atoms with E-state index in [1.54, 1.807) is 11.8 Å². The summed E-state index contributed by atoms with van der Waals surface area (Å²) in [5.74, 6) is -0.826. The number of nitrogens with one attached hydrogen (secondary N) is 1. The lowest BCUT2D eigenvalue weighted by Gasteiger charge is -2.46. The minimum atomic E-state index is -0.826. The first kappa shape index (κ1) is 15.8. The minimum absolute atomic E-state index is 0.125. The van der Waals surface area contributed by atoms with E-state index in [1.807, 2.05) is 18.2 Å². The van der Waals surface area contributed by atoms with Gasteiger partial charge in [-0.2, -0.15) is 0 Å². The Hall–Kier alpha value is -2.04. The summed E-state index contributed by atoms with van der Waals surface area (Å²) >= 11 is 0. The highest BCUT2D eigenvalue weighted by atomic mass is 16.4. The van der Waals surface area contributed by atoms with Gasteiger partial charge in [-0.25, -0.2) is 4.79 Å². The van der Waals surface area contributed by atoms with E-state index in [-0.39, 0.29) is 24.0 Å². The standard InChI is InChI=1S/C18H24N2O3/c1-17(15(21)22)8-9-20(12-17)16(23)19-14-10-18(2,11-14)13-6-4-3-5-7-13/h3-7,14H,8-12H2,1-2H3,(H,19,23)(H,21,22). The first-order valence-electron chi connectivity index (χ1n) is 8.17. The van der Waals surface area contributed by atoms with Gasteiger partial charge in [-0.15, -0.1) is 0 Å². The van der Waals surface area contributed by atoms with Gasteiger partial charge in [0, 0.05) is 19.1 Å². The van der Waals surface area contributed by atoms with Gasteiger partial charge in [-0.3, -0.25) is 4.79 Å². The van der Waals surface area contributed by atoms with E-state index >= 15 is 0 Å². The number of benzene rings is 1. The number of hydrogen-bond donors (Lipinski definition) is 2. The van der Waals surface area contributed by atoms with Crippen LogP contribution in [0, 0.1) is 5.41 Å². The van der Waals surface area contributed by atoms with Crippen molar-refractivity contribution in [2.75, 3.05) is 13.1 Å². The first-order valence-corrected chi connectivity index (χ1v) is 8.17. The van der Waals surface area contributed by atoms with Crippen LogP contribution in [0.5, 0.6) is 0 Å². The van der Waals surface area contributed by atoms with Crippen molar-refractivity contribution in [3.05, 3.63) is 35.9 Å². The number of hydrogen-bond acceptors (Lipinski definition) is 2. The van der Waals surface area contributed by atoms with E-state index in [9.17, 15) is 14.7 Å². The number of aliphatic carboxylic acids is 1. The van der Waals surface area contributed by atoms with E-state index in [0.29, 0.717) is 13.0 Å². The van der Waals surface area contributed by atoms with E-state index in [4.69, 9.17) is 0 Å². The molecular weight excluding hydrogens is 292 g/mol. The number of carbonyl (C=O) groups excluding carboxylic acids is 1. The van der Waals surface area contributed by atoms with Crippen molar-refractivity contribution in [3.63, 3.8) is 0 Å². The van der Waals surface area contributed by atoms with Gasteiger partial charge in [0.05, 0.1) is 5.41 Å². The van der Waals surface area contributed by atoms with Crippen molar-refractivity contribution in [3.8, 4) is 0 Å². The molecule has 1 aliphatic carbocycles. The number of carboxylic acid groups (broad SMARTS) is 1. The Kier molecular flexibility index (Phi) is 3.82. The maximum absolute atomic E-state index is 12.3. The zero-order valence-electron chi connectivity index (χ0n) is 13.7. The second-order valence-corrected chi connectivity index (χ2v) is 7.52. The van der Waals surface area contributed by atoms with Gasteiger partial charge in [-0.1, -0.05) is 37.3 Å². The quantitative estimate of drug-likeness (QED) is 0.900. The van der Waals surface area contributed by atoms with Crippen LogP contribution in [0.15, 0.2) is 30.3 Å². The molecule has 1 saturated carbocycles. The second kappa shape index (κ2) is 5.55. The van der Waals surface area contributed by atoms with Crippen LogP contribution in [0.1, 0.15) is 38.7 Å². The maximum atomic E-state index is 12.3. The first-order chi connectivity index (χ1) is 10.8. The SMILES string of the molecule is CC1(C(=O)O)CCN(C(=O)NC2CC(C)(c3ccccc3)C2)C1. The third-order valence-electron chi connectivity index (χ3n) is 5.47. The van der Waals surface area contributed by atoms with Crippen molar-refractivity contribution in [2.24, 2.45) is 5.41 Å². The summed E-state index contributed by atoms with van der Waals surface area (Å²) in [6.45, 7) is 4.73. The molecule has 2 N–H and O–H groups in total. The maximum Gasteiger partial charge on any atom is 0.317 e. The molecule has 0 radical (unpaired) electrons. The highest BCUT2D eigenvalue weighted by Crippen LogP contribution is 2.43. The largest absolute Gasteiger partial charge is 0.481 e. The molecule has 124 valence electrons. The van der Waals surface area contributed by atoms with E-state index in [1.165, 1.54) is 5.56 Å². The number of carbonyl (C=O) groups is 2. The molecule has 1 aromatic carbocycles. The summed E-state index contributed by atoms with van der Waals surface area (Å²) < 4.78 is 0. The van der Waals surface area contributed by atoms with Gasteiger partial charge >= 0.3 is 12.0 Å². The molecule has 1 unspecified atom stereocenters. The summed E-state index contributed by atoms with van der Waals surface area (Å²) in [6, 6.07) is 10.4. The number of rotatable bonds is 3. The van der Waals surface area contributed by atoms with Gasteiger partial charge < -0.3 is 15.3 Å². The number of amides is 2. The zero-order chi connectivity index (χ0) is 16.7. The van der Waals surface area contributed by atoms with Crippen molar-refractivity contribution in [2.45, 2.75) is 44.6 Å². The molecule has 0 spiro atoms. The van der Waals surface area contributed by atoms with Gasteiger partial charge in [0.1, 0.15) is 0 Å². The van der Waals surface area contributed by atoms with Crippen LogP contribution in [0.2, 0.25) is 0 Å². The van der Waals surface area contributed by atoms with Crippen molar-refractivity contribution in [1.29, 1.82) is 0 Å². The van der Waals surface area contributed by atoms with Crippen LogP contribution in [0.25, 0.3) is 0 Å². The topological polar surface area (TPSA) is 69.6 Å². The monoisotopic (exact) mass is 316 g/mol. The van der Waals surface area contributed by atoms with Gasteiger partial charge in [0.15, 0.2) is 0 Å². The van der Waals surface area contributed by atoms with Crippen LogP contribution < -0.4 is 5.32 Å². The Bertz CT molecular complexity index is 610. The summed E-state index contributed by atoms with van der Waals surface area (Å²) in [5, 5.41) is 12.3. The molecule has 2 amide bonds. The average Bonchev–Trinajstić information content (AvgIpc) is 2.90. The van der Waals surface area contributed by atoms with Crippen molar-refractivity contribution in [1.82, 2.24) is 10.2 Å². The molecule has 0 aromatic heterocycles. The fourth-order valence-electron chi connectivity index (χ4n) is 3.78. The Morgan fingerprint density at radius 1 is 1.22 bits per heavy atom. The molecule has 3 rings (SSSR count). The van der Waals surface area contributed by atoms with Gasteiger partial charge in [-0.05, 0) is 37.2 Å². The van der Waals surface area contributed by atoms with Crippen LogP contribution in [0.3, 0.4) is 0 Å². The number of carboxylic acids is 1. The molecule has 1 saturated heterocycles. The van der Waals surface area contributed by atoms with Crippen LogP contribution in [0.4, 0.5) is 4.79 Å². The van der Waals surface area contributed by atoms with Crippen LogP contribution >= 0.6 is 0 Å². The minimum Gasteiger partial charge on any atom is -0.481 e. The molecule has 2 aliphatic rings. The smallest absolute Gasteiger partial charge is 0.317 e. The molecule has 5 nitrogen and oxygen atoms in total. The molecule has 1 aromatic rings. The molecular formula is C18H24N2O3. The third-order valence-corrected chi connectivity index (χ3v) is 5.47. The predicted molar refractivity (Wildman–Crippen MR) is 87.3 cm³/mol. The molecule has 2 fully saturated rings. The Labute approximate surface area is 136 Å². The van der Waals surface area contributed by atoms with E-state index in [0.717, 1.165) is 12.8 Å². The fourth-order valence-corrected chi connectivity index (χ4v) is 3.78. The summed E-state index contributed by atoms with van der Waals surface area (Å²) in [5.41, 5.74) is 0.625. The fraction of sp³-hybridized carbons (Fsp3) is 0.556. The molecule has 1 heterocycles. The lowest BCUT2D eigenvalue weighted by Crippen LogP contribution is -2.54. The van der Waals surface area contributed by atoms with Crippen molar-refractivity contribution < 1.29 is 14.7 Å². The Balaban J connectivity index is 1.53. The highest BCUT2D eigenvalue weighted by Gasteiger charge is 2.45. The number of nitrogens with zero attached hydrogens (tertiary/aromatic N) is 1. The van der Waals surface area contributed by atoms with Crippen LogP contribution in [-0.2, 0) is 10.2 Å². The molecule has 0 bridgehead atoms. The summed E-state index contributed by atoms with van der Waals surface area (Å²) in [4.78, 5) is 25.2. The van der Waals surface area contributed by atoms with Gasteiger partial charge in [0.2, 0.25) is 0 Å². The third kappa shape index (κ3) is 2.92. The average molecular weight is 316 g/mol. The predicted octanol–water partition coefficient (Wildman–Crippen LogP) is 2.61. The summed E-state index contributed by atoms with van der Waals surface area (Å²) in [7, 11) is 0. The second-order valence-electron chi connectivity index (χ2n) is 7.52. The van der Waals surface area contributed by atoms with Gasteiger partial charge in [0.25, 0.3) is 0 Å². The molecule has 23 heavy (non-hydrogen) atoms. The van der Waals surface area contributed by atoms with Crippen LogP contribution in [-0.4, -0.2) is 41.1 Å². The highest BCUT2D eigenvalue weighted by molar-refractivity contribution is 5.79. The van der Waals surface area contributed by atoms with Crippen molar-refractivity contribution >= 4 is 12.0 Å². The molecule has 1 atom stereocenters. The zero-order valence-corrected chi connectivity index (χ0v) is 13.7. The van der Waals surface area contributed by atoms with E-state index in [2.05, 4.69) is 24.4 Å². The number of likely N-dealkylation sites (tertiary alicyclic amines) is 1. The van der Waals surface area contributed by atoms with E-state index < -0.39 is 11.4 Å². The molecule has 5 heteroatoms. The Morgan fingerprint density at radius 2 is 1.87 bits per heavy atom. The molecule has 1 aliphatic heterocycles. The normalized spacial score (nSPS) is 33.1. The lowest BCUT2D eigenvalue weighted by molar-refractivity contribution is -0.147. The lowest BCUT2D eigenvalue weighted by atomic mass is 9.63.